The smallest absolute Gasteiger partial charge is 0.330 e. The highest BCUT2D eigenvalue weighted by Crippen LogP contribution is 2.15. The van der Waals surface area contributed by atoms with Gasteiger partial charge in [-0.05, 0) is 36.1 Å². The maximum absolute atomic E-state index is 11.9. The van der Waals surface area contributed by atoms with Crippen molar-refractivity contribution in [1.29, 1.82) is 0 Å². The van der Waals surface area contributed by atoms with Gasteiger partial charge in [0.2, 0.25) is 0 Å². The van der Waals surface area contributed by atoms with Crippen LogP contribution in [0.25, 0.3) is 0 Å². The molecule has 0 atom stereocenters. The van der Waals surface area contributed by atoms with Gasteiger partial charge in [0.1, 0.15) is 12.4 Å². The molecule has 3 nitrogen and oxygen atoms in total. The van der Waals surface area contributed by atoms with Gasteiger partial charge in [0.25, 0.3) is 0 Å². The van der Waals surface area contributed by atoms with Crippen LogP contribution in [0.15, 0.2) is 66.7 Å². The van der Waals surface area contributed by atoms with Gasteiger partial charge < -0.3 is 9.47 Å². The lowest BCUT2D eigenvalue weighted by molar-refractivity contribution is -0.137. The van der Waals surface area contributed by atoms with Gasteiger partial charge in [0.05, 0.1) is 6.61 Å². The third-order valence-electron chi connectivity index (χ3n) is 6.54. The molecule has 3 heteroatoms. The van der Waals surface area contributed by atoms with Gasteiger partial charge in [-0.25, -0.2) is 4.79 Å². The average Bonchev–Trinajstić information content (AvgIpc) is 2.91. The quantitative estimate of drug-likeness (QED) is 0.0989. The first-order chi connectivity index (χ1) is 17.8. The summed E-state index contributed by atoms with van der Waals surface area (Å²) in [6.45, 7) is 3.23. The number of carbonyl (C=O) groups excluding carboxylic acids is 1. The lowest BCUT2D eigenvalue weighted by atomic mass is 10.0. The summed E-state index contributed by atoms with van der Waals surface area (Å²) in [7, 11) is 0. The van der Waals surface area contributed by atoms with Crippen molar-refractivity contribution in [3.63, 3.8) is 0 Å². The number of allylic oxidation sites excluding steroid dienone is 1. The highest BCUT2D eigenvalue weighted by molar-refractivity contribution is 5.81. The van der Waals surface area contributed by atoms with Crippen molar-refractivity contribution in [2.45, 2.75) is 110 Å². The number of esters is 1. The molecule has 0 spiro atoms. The molecule has 0 aromatic heterocycles. The maximum Gasteiger partial charge on any atom is 0.330 e. The van der Waals surface area contributed by atoms with Gasteiger partial charge in [-0.2, -0.15) is 0 Å². The van der Waals surface area contributed by atoms with Crippen molar-refractivity contribution < 1.29 is 14.3 Å². The van der Waals surface area contributed by atoms with E-state index < -0.39 is 0 Å². The van der Waals surface area contributed by atoms with Gasteiger partial charge >= 0.3 is 5.97 Å². The number of hydrogen-bond donors (Lipinski definition) is 0. The van der Waals surface area contributed by atoms with Crippen molar-refractivity contribution >= 4 is 5.97 Å². The van der Waals surface area contributed by atoms with Crippen LogP contribution in [-0.4, -0.2) is 12.6 Å². The summed E-state index contributed by atoms with van der Waals surface area (Å²) in [4.78, 5) is 11.9. The molecule has 0 aliphatic rings. The van der Waals surface area contributed by atoms with E-state index in [2.05, 4.69) is 19.1 Å². The second-order valence-corrected chi connectivity index (χ2v) is 9.77. The Bertz CT molecular complexity index is 811. The largest absolute Gasteiger partial charge is 0.489 e. The summed E-state index contributed by atoms with van der Waals surface area (Å²) in [5.74, 6) is 0.600. The van der Waals surface area contributed by atoms with Crippen molar-refractivity contribution in [2.75, 3.05) is 6.61 Å². The van der Waals surface area contributed by atoms with E-state index in [9.17, 15) is 4.79 Å². The summed E-state index contributed by atoms with van der Waals surface area (Å²) in [5.41, 5.74) is 2.28. The molecule has 2 aromatic rings. The molecule has 0 saturated heterocycles. The second kappa shape index (κ2) is 20.6. The molecular formula is C33H48O3. The minimum Gasteiger partial charge on any atom is -0.489 e. The molecule has 0 heterocycles. The van der Waals surface area contributed by atoms with Crippen molar-refractivity contribution in [3.8, 4) is 5.75 Å². The zero-order valence-electron chi connectivity index (χ0n) is 22.6. The predicted octanol–water partition coefficient (Wildman–Crippen LogP) is 9.39. The SMILES string of the molecule is CCCCCCCCCCCCCCCC=CC(=O)OCCc1ccc(OCc2ccccc2)cc1. The monoisotopic (exact) mass is 492 g/mol. The maximum atomic E-state index is 11.9. The van der Waals surface area contributed by atoms with Crippen LogP contribution in [0, 0.1) is 0 Å². The highest BCUT2D eigenvalue weighted by atomic mass is 16.5. The molecule has 0 unspecified atom stereocenters. The number of unbranched alkanes of at least 4 members (excludes halogenated alkanes) is 13. The van der Waals surface area contributed by atoms with Crippen LogP contribution in [0.4, 0.5) is 0 Å². The third-order valence-corrected chi connectivity index (χ3v) is 6.54. The highest BCUT2D eigenvalue weighted by Gasteiger charge is 2.00. The summed E-state index contributed by atoms with van der Waals surface area (Å²) in [6, 6.07) is 18.1. The normalized spacial score (nSPS) is 11.1. The molecule has 0 N–H and O–H groups in total. The van der Waals surface area contributed by atoms with Crippen LogP contribution in [0.5, 0.6) is 5.75 Å². The molecule has 0 saturated carbocycles. The second-order valence-electron chi connectivity index (χ2n) is 9.77. The average molecular weight is 493 g/mol. The fraction of sp³-hybridized carbons (Fsp3) is 0.545. The lowest BCUT2D eigenvalue weighted by Gasteiger charge is -2.07. The number of benzene rings is 2. The minimum atomic E-state index is -0.243. The van der Waals surface area contributed by atoms with E-state index in [-0.39, 0.29) is 5.97 Å². The topological polar surface area (TPSA) is 35.5 Å². The Kier molecular flexibility index (Phi) is 17.0. The predicted molar refractivity (Wildman–Crippen MR) is 151 cm³/mol. The van der Waals surface area contributed by atoms with Crippen molar-refractivity contribution in [2.24, 2.45) is 0 Å². The zero-order valence-corrected chi connectivity index (χ0v) is 22.6. The zero-order chi connectivity index (χ0) is 25.5. The van der Waals surface area contributed by atoms with Crippen LogP contribution in [-0.2, 0) is 22.6 Å². The van der Waals surface area contributed by atoms with Crippen LogP contribution in [0.1, 0.15) is 108 Å². The Morgan fingerprint density at radius 3 is 1.89 bits per heavy atom. The van der Waals surface area contributed by atoms with E-state index in [1.54, 1.807) is 6.08 Å². The van der Waals surface area contributed by atoms with Crippen LogP contribution < -0.4 is 4.74 Å². The molecule has 2 rings (SSSR count). The van der Waals surface area contributed by atoms with Crippen molar-refractivity contribution in [1.82, 2.24) is 0 Å². The molecule has 0 aliphatic heterocycles. The molecule has 0 amide bonds. The van der Waals surface area contributed by atoms with Gasteiger partial charge in [-0.3, -0.25) is 0 Å². The summed E-state index contributed by atoms with van der Waals surface area (Å²) >= 11 is 0. The fourth-order valence-corrected chi connectivity index (χ4v) is 4.27. The summed E-state index contributed by atoms with van der Waals surface area (Å²) in [5, 5.41) is 0. The minimum absolute atomic E-state index is 0.243. The Morgan fingerprint density at radius 2 is 1.28 bits per heavy atom. The Hall–Kier alpha value is -2.55. The van der Waals surface area contributed by atoms with Crippen LogP contribution in [0.2, 0.25) is 0 Å². The van der Waals surface area contributed by atoms with Crippen molar-refractivity contribution in [3.05, 3.63) is 77.9 Å². The van der Waals surface area contributed by atoms with Gasteiger partial charge in [-0.15, -0.1) is 0 Å². The molecule has 198 valence electrons. The molecule has 0 radical (unpaired) electrons. The molecule has 0 fully saturated rings. The first-order valence-corrected chi connectivity index (χ1v) is 14.4. The van der Waals surface area contributed by atoms with Crippen LogP contribution >= 0.6 is 0 Å². The molecule has 0 aliphatic carbocycles. The number of ether oxygens (including phenoxy) is 2. The van der Waals surface area contributed by atoms with E-state index in [0.717, 1.165) is 29.7 Å². The Morgan fingerprint density at radius 1 is 0.694 bits per heavy atom. The summed E-state index contributed by atoms with van der Waals surface area (Å²) < 4.78 is 11.2. The first kappa shape index (κ1) is 29.7. The van der Waals surface area contributed by atoms with Crippen LogP contribution in [0.3, 0.4) is 0 Å². The molecule has 36 heavy (non-hydrogen) atoms. The number of hydrogen-bond acceptors (Lipinski definition) is 3. The van der Waals surface area contributed by atoms with E-state index in [1.165, 1.54) is 77.0 Å². The van der Waals surface area contributed by atoms with E-state index >= 15 is 0 Å². The standard InChI is InChI=1S/C33H48O3/c1-2-3-4-5-6-7-8-9-10-11-12-13-14-15-19-22-33(34)35-28-27-30-23-25-32(26-24-30)36-29-31-20-17-16-18-21-31/h16-26H,2-15,27-29H2,1H3. The Balaban J connectivity index is 1.40. The fourth-order valence-electron chi connectivity index (χ4n) is 4.27. The third kappa shape index (κ3) is 15.4. The van der Waals surface area contributed by atoms with E-state index in [0.29, 0.717) is 19.6 Å². The van der Waals surface area contributed by atoms with Gasteiger partial charge in [-0.1, -0.05) is 133 Å². The van der Waals surface area contributed by atoms with Gasteiger partial charge in [0.15, 0.2) is 0 Å². The number of rotatable bonds is 21. The molecular weight excluding hydrogens is 444 g/mol. The first-order valence-electron chi connectivity index (χ1n) is 14.4. The van der Waals surface area contributed by atoms with Gasteiger partial charge in [0, 0.05) is 12.5 Å². The van der Waals surface area contributed by atoms with E-state index in [1.807, 2.05) is 48.5 Å². The Labute approximate surface area is 220 Å². The van der Waals surface area contributed by atoms with E-state index in [4.69, 9.17) is 9.47 Å². The number of carbonyl (C=O) groups is 1. The lowest BCUT2D eigenvalue weighted by Crippen LogP contribution is -2.04. The molecule has 0 bridgehead atoms. The summed E-state index contributed by atoms with van der Waals surface area (Å²) in [6.07, 6.45) is 22.9. The molecule has 2 aromatic carbocycles.